The Balaban J connectivity index is 1.77. The molecule has 0 aliphatic heterocycles. The van der Waals surface area contributed by atoms with Crippen LogP contribution in [0.1, 0.15) is 28.4 Å². The number of hydrogen-bond acceptors (Lipinski definition) is 5. The molecular weight excluding hydrogens is 428 g/mol. The number of anilines is 1. The van der Waals surface area contributed by atoms with Crippen molar-refractivity contribution in [1.82, 2.24) is 10.7 Å². The summed E-state index contributed by atoms with van der Waals surface area (Å²) in [5.41, 5.74) is 5.59. The minimum Gasteiger partial charge on any atom is -0.494 e. The van der Waals surface area contributed by atoms with Crippen LogP contribution >= 0.6 is 0 Å². The number of nitrogens with zero attached hydrogens (tertiary/aromatic N) is 2. The lowest BCUT2D eigenvalue weighted by molar-refractivity contribution is -0.117. The van der Waals surface area contributed by atoms with E-state index in [0.717, 1.165) is 22.6 Å². The fraction of sp³-hybridized carbons (Fsp3) is 0.148. The van der Waals surface area contributed by atoms with Crippen molar-refractivity contribution >= 4 is 29.8 Å². The highest BCUT2D eigenvalue weighted by atomic mass is 16.5. The Bertz CT molecular complexity index is 1150. The summed E-state index contributed by atoms with van der Waals surface area (Å²) in [5.74, 6) is -0.164. The number of carbonyl (C=O) groups excluding carboxylic acids is 2. The van der Waals surface area contributed by atoms with E-state index >= 15 is 0 Å². The zero-order valence-corrected chi connectivity index (χ0v) is 19.5. The van der Waals surface area contributed by atoms with Gasteiger partial charge in [-0.3, -0.25) is 9.59 Å². The van der Waals surface area contributed by atoms with E-state index < -0.39 is 5.91 Å². The number of amides is 2. The van der Waals surface area contributed by atoms with Gasteiger partial charge in [-0.15, -0.1) is 0 Å². The molecule has 3 rings (SSSR count). The van der Waals surface area contributed by atoms with Crippen molar-refractivity contribution in [3.63, 3.8) is 0 Å². The van der Waals surface area contributed by atoms with E-state index in [1.165, 1.54) is 6.21 Å². The highest BCUT2D eigenvalue weighted by Crippen LogP contribution is 2.15. The summed E-state index contributed by atoms with van der Waals surface area (Å²) < 4.78 is 5.42. The van der Waals surface area contributed by atoms with Gasteiger partial charge in [0.05, 0.1) is 12.8 Å². The second-order valence-electron chi connectivity index (χ2n) is 7.57. The molecular formula is C27H28N4O3. The average molecular weight is 457 g/mol. The van der Waals surface area contributed by atoms with E-state index in [2.05, 4.69) is 15.8 Å². The van der Waals surface area contributed by atoms with Gasteiger partial charge in [0.25, 0.3) is 11.8 Å². The molecule has 7 nitrogen and oxygen atoms in total. The Morgan fingerprint density at radius 1 is 0.912 bits per heavy atom. The van der Waals surface area contributed by atoms with Gasteiger partial charge < -0.3 is 15.0 Å². The molecule has 0 atom stereocenters. The molecule has 0 aliphatic carbocycles. The molecule has 34 heavy (non-hydrogen) atoms. The van der Waals surface area contributed by atoms with Crippen LogP contribution in [0.25, 0.3) is 6.08 Å². The van der Waals surface area contributed by atoms with Crippen LogP contribution in [0, 0.1) is 0 Å². The molecule has 0 saturated heterocycles. The van der Waals surface area contributed by atoms with Crippen molar-refractivity contribution in [1.29, 1.82) is 0 Å². The maximum atomic E-state index is 12.9. The van der Waals surface area contributed by atoms with Crippen LogP contribution in [-0.4, -0.2) is 38.7 Å². The maximum Gasteiger partial charge on any atom is 0.287 e. The van der Waals surface area contributed by atoms with Gasteiger partial charge in [0.1, 0.15) is 11.4 Å². The Morgan fingerprint density at radius 2 is 1.56 bits per heavy atom. The van der Waals surface area contributed by atoms with Crippen LogP contribution in [-0.2, 0) is 4.79 Å². The largest absolute Gasteiger partial charge is 0.494 e. The van der Waals surface area contributed by atoms with Gasteiger partial charge in [0.2, 0.25) is 0 Å². The Labute approximate surface area is 199 Å². The second kappa shape index (κ2) is 12.0. The summed E-state index contributed by atoms with van der Waals surface area (Å²) in [6.45, 7) is 2.51. The number of hydrazone groups is 1. The number of nitrogens with one attached hydrogen (secondary N) is 2. The van der Waals surface area contributed by atoms with E-state index in [4.69, 9.17) is 4.74 Å². The quantitative estimate of drug-likeness (QED) is 0.289. The number of rotatable bonds is 9. The molecule has 0 bridgehead atoms. The van der Waals surface area contributed by atoms with Crippen LogP contribution in [0.2, 0.25) is 0 Å². The molecule has 0 aromatic heterocycles. The van der Waals surface area contributed by atoms with E-state index in [0.29, 0.717) is 12.2 Å². The van der Waals surface area contributed by atoms with Gasteiger partial charge in [0, 0.05) is 25.3 Å². The number of carbonyl (C=O) groups is 2. The second-order valence-corrected chi connectivity index (χ2v) is 7.57. The molecule has 0 radical (unpaired) electrons. The Morgan fingerprint density at radius 3 is 2.18 bits per heavy atom. The van der Waals surface area contributed by atoms with Crippen molar-refractivity contribution in [3.05, 3.63) is 101 Å². The highest BCUT2D eigenvalue weighted by Gasteiger charge is 2.14. The van der Waals surface area contributed by atoms with Crippen LogP contribution in [0.15, 0.2) is 89.7 Å². The molecule has 0 heterocycles. The van der Waals surface area contributed by atoms with Crippen molar-refractivity contribution in [2.75, 3.05) is 25.6 Å². The number of benzene rings is 3. The van der Waals surface area contributed by atoms with E-state index in [1.807, 2.05) is 80.5 Å². The van der Waals surface area contributed by atoms with Gasteiger partial charge in [0.15, 0.2) is 0 Å². The first-order chi connectivity index (χ1) is 16.5. The summed E-state index contributed by atoms with van der Waals surface area (Å²) in [7, 11) is 3.90. The van der Waals surface area contributed by atoms with E-state index in [9.17, 15) is 9.59 Å². The minimum atomic E-state index is -0.539. The molecule has 2 amide bonds. The molecule has 0 aliphatic rings. The lowest BCUT2D eigenvalue weighted by Crippen LogP contribution is -2.32. The average Bonchev–Trinajstić information content (AvgIpc) is 2.85. The summed E-state index contributed by atoms with van der Waals surface area (Å²) in [6, 6.07) is 23.7. The molecule has 0 saturated carbocycles. The SMILES string of the molecule is CCOc1ccc(/C=N\NC(=O)/C(=C/c2ccc(N(C)C)cc2)NC(=O)c2ccccc2)cc1. The van der Waals surface area contributed by atoms with E-state index in [-0.39, 0.29) is 11.6 Å². The lowest BCUT2D eigenvalue weighted by Gasteiger charge is -2.12. The minimum absolute atomic E-state index is 0.0790. The number of hydrogen-bond donors (Lipinski definition) is 2. The van der Waals surface area contributed by atoms with Crippen LogP contribution < -0.4 is 20.4 Å². The first-order valence-electron chi connectivity index (χ1n) is 10.9. The Hall–Kier alpha value is -4.39. The van der Waals surface area contributed by atoms with E-state index in [1.54, 1.807) is 30.3 Å². The predicted octanol–water partition coefficient (Wildman–Crippen LogP) is 4.07. The first-order valence-corrected chi connectivity index (χ1v) is 10.9. The van der Waals surface area contributed by atoms with Gasteiger partial charge in [-0.25, -0.2) is 5.43 Å². The summed E-state index contributed by atoms with van der Waals surface area (Å²) in [4.78, 5) is 27.5. The van der Waals surface area contributed by atoms with Crippen molar-refractivity contribution < 1.29 is 14.3 Å². The first kappa shape index (κ1) is 24.3. The summed E-state index contributed by atoms with van der Waals surface area (Å²) >= 11 is 0. The summed E-state index contributed by atoms with van der Waals surface area (Å²) in [6.07, 6.45) is 3.14. The standard InChI is InChI=1S/C27H28N4O3/c1-4-34-24-16-12-21(13-17-24)19-28-30-27(33)25(29-26(32)22-8-6-5-7-9-22)18-20-10-14-23(15-11-20)31(2)3/h5-19H,4H2,1-3H3,(H,29,32)(H,30,33)/b25-18-,28-19-. The molecule has 0 spiro atoms. The maximum absolute atomic E-state index is 12.9. The van der Waals surface area contributed by atoms with Gasteiger partial charge >= 0.3 is 0 Å². The molecule has 2 N–H and O–H groups in total. The highest BCUT2D eigenvalue weighted by molar-refractivity contribution is 6.05. The predicted molar refractivity (Wildman–Crippen MR) is 136 cm³/mol. The fourth-order valence-corrected chi connectivity index (χ4v) is 3.02. The molecule has 174 valence electrons. The van der Waals surface area contributed by atoms with Gasteiger partial charge in [-0.2, -0.15) is 5.10 Å². The van der Waals surface area contributed by atoms with Crippen LogP contribution in [0.4, 0.5) is 5.69 Å². The smallest absolute Gasteiger partial charge is 0.287 e. The molecule has 3 aromatic rings. The summed E-state index contributed by atoms with van der Waals surface area (Å²) in [5, 5.41) is 6.73. The zero-order valence-electron chi connectivity index (χ0n) is 19.5. The molecule has 7 heteroatoms. The number of ether oxygens (including phenoxy) is 1. The van der Waals surface area contributed by atoms with Crippen LogP contribution in [0.3, 0.4) is 0 Å². The monoisotopic (exact) mass is 456 g/mol. The third-order valence-electron chi connectivity index (χ3n) is 4.82. The third-order valence-corrected chi connectivity index (χ3v) is 4.82. The zero-order chi connectivity index (χ0) is 24.3. The molecule has 0 fully saturated rings. The van der Waals surface area contributed by atoms with Gasteiger partial charge in [-0.1, -0.05) is 30.3 Å². The molecule has 0 unspecified atom stereocenters. The lowest BCUT2D eigenvalue weighted by atomic mass is 10.1. The third kappa shape index (κ3) is 7.06. The normalized spacial score (nSPS) is 11.2. The van der Waals surface area contributed by atoms with Crippen molar-refractivity contribution in [2.45, 2.75) is 6.92 Å². The van der Waals surface area contributed by atoms with Crippen molar-refractivity contribution in [3.8, 4) is 5.75 Å². The van der Waals surface area contributed by atoms with Gasteiger partial charge in [-0.05, 0) is 72.7 Å². The van der Waals surface area contributed by atoms with Crippen LogP contribution in [0.5, 0.6) is 5.75 Å². The van der Waals surface area contributed by atoms with Crippen molar-refractivity contribution in [2.24, 2.45) is 5.10 Å². The fourth-order valence-electron chi connectivity index (χ4n) is 3.02. The Kier molecular flexibility index (Phi) is 8.57. The topological polar surface area (TPSA) is 83.0 Å². The molecule has 3 aromatic carbocycles.